The molecule has 0 bridgehead atoms. The summed E-state index contributed by atoms with van der Waals surface area (Å²) in [6.45, 7) is 7.48. The number of hydrogen-bond donors (Lipinski definition) is 1. The number of ether oxygens (including phenoxy) is 1. The summed E-state index contributed by atoms with van der Waals surface area (Å²) in [5.74, 6) is 0.716. The van der Waals surface area contributed by atoms with Crippen LogP contribution in [0.3, 0.4) is 0 Å². The van der Waals surface area contributed by atoms with Gasteiger partial charge in [-0.05, 0) is 36.9 Å². The van der Waals surface area contributed by atoms with E-state index in [9.17, 15) is 4.39 Å². The lowest BCUT2D eigenvalue weighted by atomic mass is 9.87. The molecule has 0 saturated heterocycles. The summed E-state index contributed by atoms with van der Waals surface area (Å²) in [7, 11) is 1.51. The molecule has 0 heterocycles. The van der Waals surface area contributed by atoms with Gasteiger partial charge in [-0.25, -0.2) is 4.39 Å². The molecule has 0 amide bonds. The zero-order chi connectivity index (χ0) is 15.7. The number of methoxy groups -OCH3 is 1. The second kappa shape index (κ2) is 9.78. The highest BCUT2D eigenvalue weighted by Crippen LogP contribution is 2.25. The first-order chi connectivity index (χ1) is 10.2. The van der Waals surface area contributed by atoms with Gasteiger partial charge in [-0.1, -0.05) is 52.2 Å². The summed E-state index contributed by atoms with van der Waals surface area (Å²) < 4.78 is 19.4. The lowest BCUT2D eigenvalue weighted by Gasteiger charge is -2.27. The molecule has 0 aliphatic rings. The van der Waals surface area contributed by atoms with Crippen molar-refractivity contribution < 1.29 is 9.13 Å². The molecule has 0 spiro atoms. The van der Waals surface area contributed by atoms with E-state index in [-0.39, 0.29) is 5.82 Å². The molecule has 0 radical (unpaired) electrons. The van der Waals surface area contributed by atoms with Crippen LogP contribution in [0.4, 0.5) is 4.39 Å². The van der Waals surface area contributed by atoms with Crippen LogP contribution in [0, 0.1) is 11.7 Å². The minimum atomic E-state index is -0.215. The van der Waals surface area contributed by atoms with E-state index in [4.69, 9.17) is 4.74 Å². The third-order valence-electron chi connectivity index (χ3n) is 4.19. The molecular formula is C18H30FNO. The van der Waals surface area contributed by atoms with Crippen molar-refractivity contribution in [3.63, 3.8) is 0 Å². The van der Waals surface area contributed by atoms with Crippen molar-refractivity contribution in [1.82, 2.24) is 5.32 Å². The van der Waals surface area contributed by atoms with Crippen molar-refractivity contribution in [3.05, 3.63) is 29.6 Å². The van der Waals surface area contributed by atoms with Gasteiger partial charge in [-0.15, -0.1) is 0 Å². The smallest absolute Gasteiger partial charge is 0.168 e. The van der Waals surface area contributed by atoms with Gasteiger partial charge in [-0.2, -0.15) is 0 Å². The topological polar surface area (TPSA) is 21.3 Å². The Hall–Kier alpha value is -1.09. The molecule has 0 saturated carbocycles. The van der Waals surface area contributed by atoms with Gasteiger partial charge in [0.1, 0.15) is 0 Å². The fraction of sp³-hybridized carbons (Fsp3) is 0.667. The van der Waals surface area contributed by atoms with Gasteiger partial charge < -0.3 is 10.1 Å². The summed E-state index contributed by atoms with van der Waals surface area (Å²) in [6, 6.07) is 5.74. The minimum Gasteiger partial charge on any atom is -0.494 e. The van der Waals surface area contributed by atoms with Crippen molar-refractivity contribution in [2.75, 3.05) is 13.7 Å². The summed E-state index contributed by atoms with van der Waals surface area (Å²) in [5.41, 5.74) is 0.746. The maximum Gasteiger partial charge on any atom is 0.168 e. The number of likely N-dealkylation sites (N-methyl/N-ethyl adjacent to an activating group) is 1. The molecule has 2 nitrogen and oxygen atoms in total. The first-order valence-electron chi connectivity index (χ1n) is 8.22. The SMILES string of the molecule is CCCCC(CC)C(Cc1cccc(OC)c1F)NCC. The highest BCUT2D eigenvalue weighted by atomic mass is 19.1. The lowest BCUT2D eigenvalue weighted by Crippen LogP contribution is -2.38. The van der Waals surface area contributed by atoms with Crippen molar-refractivity contribution in [1.29, 1.82) is 0 Å². The van der Waals surface area contributed by atoms with Crippen molar-refractivity contribution in [2.24, 2.45) is 5.92 Å². The van der Waals surface area contributed by atoms with Crippen molar-refractivity contribution >= 4 is 0 Å². The molecule has 0 aliphatic heterocycles. The van der Waals surface area contributed by atoms with Gasteiger partial charge in [0.15, 0.2) is 11.6 Å². The number of unbranched alkanes of at least 4 members (excludes halogenated alkanes) is 1. The van der Waals surface area contributed by atoms with Crippen LogP contribution in [0.2, 0.25) is 0 Å². The first kappa shape index (κ1) is 18.0. The van der Waals surface area contributed by atoms with E-state index in [0.717, 1.165) is 24.9 Å². The second-order valence-corrected chi connectivity index (χ2v) is 5.61. The largest absolute Gasteiger partial charge is 0.494 e. The van der Waals surface area contributed by atoms with E-state index in [1.807, 2.05) is 12.1 Å². The van der Waals surface area contributed by atoms with Crippen LogP contribution in [0.15, 0.2) is 18.2 Å². The highest BCUT2D eigenvalue weighted by Gasteiger charge is 2.21. The van der Waals surface area contributed by atoms with Gasteiger partial charge in [0.2, 0.25) is 0 Å². The Morgan fingerprint density at radius 3 is 2.57 bits per heavy atom. The third kappa shape index (κ3) is 5.31. The quantitative estimate of drug-likeness (QED) is 0.682. The molecule has 0 fully saturated rings. The maximum absolute atomic E-state index is 14.3. The summed E-state index contributed by atoms with van der Waals surface area (Å²) in [5, 5.41) is 3.55. The third-order valence-corrected chi connectivity index (χ3v) is 4.19. The van der Waals surface area contributed by atoms with Crippen LogP contribution < -0.4 is 10.1 Å². The highest BCUT2D eigenvalue weighted by molar-refractivity contribution is 5.31. The Balaban J connectivity index is 2.86. The lowest BCUT2D eigenvalue weighted by molar-refractivity contribution is 0.315. The van der Waals surface area contributed by atoms with Crippen molar-refractivity contribution in [2.45, 2.75) is 58.9 Å². The van der Waals surface area contributed by atoms with Gasteiger partial charge in [0, 0.05) is 6.04 Å². The molecule has 3 heteroatoms. The second-order valence-electron chi connectivity index (χ2n) is 5.61. The molecule has 0 aliphatic carbocycles. The van der Waals surface area contributed by atoms with Crippen LogP contribution in [-0.2, 0) is 6.42 Å². The summed E-state index contributed by atoms with van der Waals surface area (Å²) in [4.78, 5) is 0. The number of nitrogens with one attached hydrogen (secondary N) is 1. The fourth-order valence-corrected chi connectivity index (χ4v) is 2.93. The summed E-state index contributed by atoms with van der Waals surface area (Å²) >= 11 is 0. The van der Waals surface area contributed by atoms with E-state index in [1.165, 1.54) is 26.4 Å². The molecule has 2 atom stereocenters. The number of rotatable bonds is 10. The fourth-order valence-electron chi connectivity index (χ4n) is 2.93. The van der Waals surface area contributed by atoms with Gasteiger partial charge in [0.05, 0.1) is 7.11 Å². The molecule has 0 aromatic heterocycles. The molecule has 2 unspecified atom stereocenters. The molecule has 1 N–H and O–H groups in total. The number of halogens is 1. The minimum absolute atomic E-state index is 0.215. The van der Waals surface area contributed by atoms with Crippen molar-refractivity contribution in [3.8, 4) is 5.75 Å². The van der Waals surface area contributed by atoms with Gasteiger partial charge in [0.25, 0.3) is 0 Å². The first-order valence-corrected chi connectivity index (χ1v) is 8.22. The zero-order valence-electron chi connectivity index (χ0n) is 13.9. The van der Waals surface area contributed by atoms with Gasteiger partial charge in [-0.3, -0.25) is 0 Å². The van der Waals surface area contributed by atoms with E-state index in [1.54, 1.807) is 6.07 Å². The molecule has 1 aromatic rings. The predicted molar refractivity (Wildman–Crippen MR) is 87.4 cm³/mol. The number of benzene rings is 1. The van der Waals surface area contributed by atoms with E-state index in [2.05, 4.69) is 26.1 Å². The Labute approximate surface area is 129 Å². The zero-order valence-corrected chi connectivity index (χ0v) is 13.9. The average Bonchev–Trinajstić information content (AvgIpc) is 2.50. The van der Waals surface area contributed by atoms with Crippen LogP contribution in [0.25, 0.3) is 0 Å². The van der Waals surface area contributed by atoms with E-state index >= 15 is 0 Å². The molecule has 1 aromatic carbocycles. The van der Waals surface area contributed by atoms with Crippen LogP contribution in [-0.4, -0.2) is 19.7 Å². The monoisotopic (exact) mass is 295 g/mol. The number of hydrogen-bond acceptors (Lipinski definition) is 2. The van der Waals surface area contributed by atoms with Crippen LogP contribution in [0.1, 0.15) is 52.0 Å². The standard InChI is InChI=1S/C18H30FNO/c1-5-8-10-14(6-2)16(20-7-3)13-15-11-9-12-17(21-4)18(15)19/h9,11-12,14,16,20H,5-8,10,13H2,1-4H3. The Morgan fingerprint density at radius 1 is 1.24 bits per heavy atom. The molecule has 21 heavy (non-hydrogen) atoms. The van der Waals surface area contributed by atoms with Gasteiger partial charge >= 0.3 is 0 Å². The Bertz CT molecular complexity index is 408. The maximum atomic E-state index is 14.3. The van der Waals surface area contributed by atoms with Crippen LogP contribution in [0.5, 0.6) is 5.75 Å². The summed E-state index contributed by atoms with van der Waals surface area (Å²) in [6.07, 6.45) is 5.50. The van der Waals surface area contributed by atoms with E-state index in [0.29, 0.717) is 17.7 Å². The Morgan fingerprint density at radius 2 is 2.00 bits per heavy atom. The Kier molecular flexibility index (Phi) is 8.36. The normalized spacial score (nSPS) is 14.0. The predicted octanol–water partition coefficient (Wildman–Crippen LogP) is 4.57. The average molecular weight is 295 g/mol. The molecule has 1 rings (SSSR count). The van der Waals surface area contributed by atoms with E-state index < -0.39 is 0 Å². The molecular weight excluding hydrogens is 265 g/mol. The molecule has 120 valence electrons. The van der Waals surface area contributed by atoms with Crippen LogP contribution >= 0.6 is 0 Å².